The second-order valence-corrected chi connectivity index (χ2v) is 7.17. The number of carbonyl (C=O) groups excluding carboxylic acids is 2. The second kappa shape index (κ2) is 18.2. The van der Waals surface area contributed by atoms with Gasteiger partial charge in [-0.3, -0.25) is 9.59 Å². The van der Waals surface area contributed by atoms with Crippen molar-refractivity contribution in [3.05, 3.63) is 0 Å². The van der Waals surface area contributed by atoms with E-state index < -0.39 is 18.0 Å². The fraction of sp³-hybridized carbons (Fsp3) is 0.905. The summed E-state index contributed by atoms with van der Waals surface area (Å²) in [6, 6.07) is 0. The van der Waals surface area contributed by atoms with Crippen LogP contribution in [0.25, 0.3) is 0 Å². The zero-order valence-corrected chi connectivity index (χ0v) is 17.3. The van der Waals surface area contributed by atoms with Crippen LogP contribution in [0.2, 0.25) is 0 Å². The zero-order valence-electron chi connectivity index (χ0n) is 17.3. The minimum atomic E-state index is -0.917. The molecule has 0 heterocycles. The van der Waals surface area contributed by atoms with Gasteiger partial charge >= 0.3 is 11.9 Å². The molecule has 0 saturated heterocycles. The summed E-state index contributed by atoms with van der Waals surface area (Å²) in [7, 11) is 0. The van der Waals surface area contributed by atoms with Gasteiger partial charge in [-0.05, 0) is 19.3 Å². The average Bonchev–Trinajstić information content (AvgIpc) is 2.67. The smallest absolute Gasteiger partial charge is 0.309 e. The molecule has 0 amide bonds. The maximum atomic E-state index is 12.2. The van der Waals surface area contributed by atoms with Crippen molar-refractivity contribution in [2.45, 2.75) is 97.0 Å². The highest BCUT2D eigenvalue weighted by atomic mass is 16.6. The van der Waals surface area contributed by atoms with Gasteiger partial charge in [0, 0.05) is 6.42 Å². The van der Waals surface area contributed by atoms with Gasteiger partial charge in [0.05, 0.1) is 18.6 Å². The molecular weight excluding hydrogens is 348 g/mol. The third kappa shape index (κ3) is 15.6. The minimum Gasteiger partial charge on any atom is -0.462 e. The van der Waals surface area contributed by atoms with Crippen LogP contribution >= 0.6 is 0 Å². The molecule has 0 aromatic carbocycles. The summed E-state index contributed by atoms with van der Waals surface area (Å²) in [6.45, 7) is 3.99. The number of aliphatic hydroxyl groups is 2. The van der Waals surface area contributed by atoms with Gasteiger partial charge in [-0.1, -0.05) is 65.2 Å². The maximum Gasteiger partial charge on any atom is 0.309 e. The first-order chi connectivity index (χ1) is 13.0. The molecule has 0 spiro atoms. The van der Waals surface area contributed by atoms with Gasteiger partial charge < -0.3 is 19.7 Å². The Morgan fingerprint density at radius 3 is 2.07 bits per heavy atom. The number of hydrogen-bond acceptors (Lipinski definition) is 6. The Kier molecular flexibility index (Phi) is 17.5. The molecule has 0 aliphatic heterocycles. The molecule has 27 heavy (non-hydrogen) atoms. The van der Waals surface area contributed by atoms with Gasteiger partial charge in [-0.25, -0.2) is 0 Å². The molecule has 0 rings (SSSR count). The van der Waals surface area contributed by atoms with Gasteiger partial charge in [0.1, 0.15) is 13.2 Å². The minimum absolute atomic E-state index is 0.0289. The number of unbranched alkanes of at least 4 members (excludes halogenated alkanes) is 7. The lowest BCUT2D eigenvalue weighted by atomic mass is 9.95. The Balaban J connectivity index is 4.00. The van der Waals surface area contributed by atoms with Crippen LogP contribution in [-0.4, -0.2) is 48.1 Å². The van der Waals surface area contributed by atoms with E-state index >= 15 is 0 Å². The summed E-state index contributed by atoms with van der Waals surface area (Å²) < 4.78 is 10.3. The zero-order chi connectivity index (χ0) is 20.3. The van der Waals surface area contributed by atoms with E-state index in [2.05, 4.69) is 13.8 Å². The molecule has 0 bridgehead atoms. The average molecular weight is 389 g/mol. The van der Waals surface area contributed by atoms with E-state index in [1.165, 1.54) is 12.8 Å². The topological polar surface area (TPSA) is 93.1 Å². The molecule has 2 atom stereocenters. The number of esters is 2. The van der Waals surface area contributed by atoms with Crippen LogP contribution in [0.4, 0.5) is 0 Å². The van der Waals surface area contributed by atoms with Crippen LogP contribution in [-0.2, 0) is 19.1 Å². The number of ether oxygens (including phenoxy) is 2. The first kappa shape index (κ1) is 25.9. The van der Waals surface area contributed by atoms with E-state index in [0.717, 1.165) is 44.9 Å². The van der Waals surface area contributed by atoms with E-state index in [0.29, 0.717) is 12.8 Å². The molecule has 0 fully saturated rings. The number of rotatable bonds is 18. The molecule has 6 nitrogen and oxygen atoms in total. The molecule has 6 heteroatoms. The first-order valence-electron chi connectivity index (χ1n) is 10.7. The Morgan fingerprint density at radius 2 is 1.44 bits per heavy atom. The van der Waals surface area contributed by atoms with E-state index in [-0.39, 0.29) is 32.2 Å². The van der Waals surface area contributed by atoms with Crippen LogP contribution in [0, 0.1) is 5.92 Å². The van der Waals surface area contributed by atoms with Crippen LogP contribution in [0.1, 0.15) is 90.9 Å². The molecule has 0 aliphatic rings. The van der Waals surface area contributed by atoms with Gasteiger partial charge in [0.2, 0.25) is 0 Å². The van der Waals surface area contributed by atoms with Gasteiger partial charge in [-0.2, -0.15) is 0 Å². The predicted octanol–water partition coefficient (Wildman–Crippen LogP) is 3.76. The highest BCUT2D eigenvalue weighted by Crippen LogP contribution is 2.18. The van der Waals surface area contributed by atoms with E-state index in [1.807, 2.05) is 0 Å². The summed E-state index contributed by atoms with van der Waals surface area (Å²) in [4.78, 5) is 23.8. The largest absolute Gasteiger partial charge is 0.462 e. The van der Waals surface area contributed by atoms with Crippen LogP contribution in [0.3, 0.4) is 0 Å². The molecule has 2 unspecified atom stereocenters. The quantitative estimate of drug-likeness (QED) is 0.274. The first-order valence-corrected chi connectivity index (χ1v) is 10.7. The van der Waals surface area contributed by atoms with Crippen molar-refractivity contribution < 1.29 is 29.3 Å². The van der Waals surface area contributed by atoms with Gasteiger partial charge in [0.25, 0.3) is 0 Å². The molecule has 0 aromatic rings. The van der Waals surface area contributed by atoms with Crippen LogP contribution < -0.4 is 0 Å². The number of aliphatic hydroxyl groups excluding tert-OH is 2. The summed E-state index contributed by atoms with van der Waals surface area (Å²) >= 11 is 0. The van der Waals surface area contributed by atoms with Crippen LogP contribution in [0.15, 0.2) is 0 Å². The lowest BCUT2D eigenvalue weighted by Gasteiger charge is -2.18. The summed E-state index contributed by atoms with van der Waals surface area (Å²) in [5.74, 6) is -1.08. The second-order valence-electron chi connectivity index (χ2n) is 7.17. The maximum absolute atomic E-state index is 12.2. The normalized spacial score (nSPS) is 13.2. The third-order valence-corrected chi connectivity index (χ3v) is 4.58. The molecule has 160 valence electrons. The number of hydrogen-bond donors (Lipinski definition) is 2. The van der Waals surface area contributed by atoms with Crippen molar-refractivity contribution in [1.82, 2.24) is 0 Å². The lowest BCUT2D eigenvalue weighted by molar-refractivity contribution is -0.156. The van der Waals surface area contributed by atoms with Crippen molar-refractivity contribution >= 4 is 11.9 Å². The summed E-state index contributed by atoms with van der Waals surface area (Å²) in [5, 5.41) is 18.6. The van der Waals surface area contributed by atoms with E-state index in [9.17, 15) is 14.7 Å². The fourth-order valence-electron chi connectivity index (χ4n) is 2.91. The third-order valence-electron chi connectivity index (χ3n) is 4.58. The Hall–Kier alpha value is -1.14. The van der Waals surface area contributed by atoms with Crippen molar-refractivity contribution in [2.75, 3.05) is 19.8 Å². The number of carbonyl (C=O) groups is 2. The SMILES string of the molecule is CCCCCCCC(=O)OCCOC(=O)C(CCCCCC)CC(O)CO. The summed E-state index contributed by atoms with van der Waals surface area (Å²) in [5.41, 5.74) is 0. The molecule has 0 saturated carbocycles. The Bertz CT molecular complexity index is 372. The van der Waals surface area contributed by atoms with Gasteiger partial charge in [-0.15, -0.1) is 0 Å². The van der Waals surface area contributed by atoms with Crippen molar-refractivity contribution in [2.24, 2.45) is 5.92 Å². The van der Waals surface area contributed by atoms with Crippen LogP contribution in [0.5, 0.6) is 0 Å². The predicted molar refractivity (Wildman–Crippen MR) is 105 cm³/mol. The van der Waals surface area contributed by atoms with Crippen molar-refractivity contribution in [1.29, 1.82) is 0 Å². The highest BCUT2D eigenvalue weighted by molar-refractivity contribution is 5.72. The highest BCUT2D eigenvalue weighted by Gasteiger charge is 2.23. The molecule has 0 aromatic heterocycles. The van der Waals surface area contributed by atoms with E-state index in [4.69, 9.17) is 14.6 Å². The lowest BCUT2D eigenvalue weighted by Crippen LogP contribution is -2.26. The molecular formula is C21H40O6. The fourth-order valence-corrected chi connectivity index (χ4v) is 2.91. The molecule has 2 N–H and O–H groups in total. The van der Waals surface area contributed by atoms with Gasteiger partial charge in [0.15, 0.2) is 0 Å². The summed E-state index contributed by atoms with van der Waals surface area (Å²) in [6.07, 6.45) is 9.82. The molecule has 0 radical (unpaired) electrons. The standard InChI is InChI=1S/C21H40O6/c1-3-5-7-9-11-13-20(24)26-14-15-27-21(25)18(16-19(23)17-22)12-10-8-6-4-2/h18-19,22-23H,3-17H2,1-2H3. The van der Waals surface area contributed by atoms with Crippen molar-refractivity contribution in [3.8, 4) is 0 Å². The Morgan fingerprint density at radius 1 is 0.852 bits per heavy atom. The van der Waals surface area contributed by atoms with E-state index in [1.54, 1.807) is 0 Å². The Labute approximate surface area is 164 Å². The van der Waals surface area contributed by atoms with Crippen molar-refractivity contribution in [3.63, 3.8) is 0 Å². The monoisotopic (exact) mass is 388 g/mol. The molecule has 0 aliphatic carbocycles.